The Morgan fingerprint density at radius 1 is 0.941 bits per heavy atom. The van der Waals surface area contributed by atoms with Crippen LogP contribution in [0.2, 0.25) is 0 Å². The van der Waals surface area contributed by atoms with E-state index in [4.69, 9.17) is 0 Å². The van der Waals surface area contributed by atoms with Gasteiger partial charge in [-0.3, -0.25) is 0 Å². The third kappa shape index (κ3) is 7.81. The average molecular weight is 253 g/mol. The van der Waals surface area contributed by atoms with E-state index in [-0.39, 0.29) is 59.1 Å². The third-order valence-corrected chi connectivity index (χ3v) is 1.76. The molecule has 0 spiro atoms. The van der Waals surface area contributed by atoms with Gasteiger partial charge >= 0.3 is 59.1 Å². The van der Waals surface area contributed by atoms with E-state index in [0.29, 0.717) is 5.69 Å². The fourth-order valence-electron chi connectivity index (χ4n) is 1.19. The summed E-state index contributed by atoms with van der Waals surface area (Å²) in [5, 5.41) is 20.8. The van der Waals surface area contributed by atoms with Crippen molar-refractivity contribution in [3.63, 3.8) is 0 Å². The summed E-state index contributed by atoms with van der Waals surface area (Å²) in [6.07, 6.45) is 0. The third-order valence-electron chi connectivity index (χ3n) is 1.76. The van der Waals surface area contributed by atoms with E-state index < -0.39 is 25.0 Å². The van der Waals surface area contributed by atoms with Crippen molar-refractivity contribution in [3.8, 4) is 0 Å². The minimum absolute atomic E-state index is 0. The van der Waals surface area contributed by atoms with Crippen molar-refractivity contribution in [2.45, 2.75) is 0 Å². The van der Waals surface area contributed by atoms with Gasteiger partial charge in [-0.1, -0.05) is 18.2 Å². The molecule has 1 rings (SSSR count). The van der Waals surface area contributed by atoms with Crippen molar-refractivity contribution in [2.75, 3.05) is 18.0 Å². The standard InChI is InChI=1S/C10H11NO4.2Na/c12-9(13)6-11(7-10(14)15)8-4-2-1-3-5-8;;/h1-5H,6-7H2,(H,12,13)(H,14,15);;/q;2*+1/p-2. The van der Waals surface area contributed by atoms with Crippen LogP contribution in [0, 0.1) is 0 Å². The van der Waals surface area contributed by atoms with Gasteiger partial charge in [-0.05, 0) is 12.1 Å². The maximum absolute atomic E-state index is 10.4. The van der Waals surface area contributed by atoms with Crippen LogP contribution >= 0.6 is 0 Å². The number of carboxylic acids is 2. The van der Waals surface area contributed by atoms with E-state index in [1.54, 1.807) is 30.3 Å². The smallest absolute Gasteiger partial charge is 0.548 e. The van der Waals surface area contributed by atoms with Gasteiger partial charge in [0, 0.05) is 5.69 Å². The molecule has 0 saturated carbocycles. The van der Waals surface area contributed by atoms with Crippen LogP contribution in [0.15, 0.2) is 30.3 Å². The Hall–Kier alpha value is -0.0400. The number of nitrogens with zero attached hydrogens (tertiary/aromatic N) is 1. The Kier molecular flexibility index (Phi) is 11.3. The number of carboxylic acid groups (broad SMARTS) is 2. The van der Waals surface area contributed by atoms with E-state index in [9.17, 15) is 19.8 Å². The van der Waals surface area contributed by atoms with Gasteiger partial charge in [0.2, 0.25) is 0 Å². The molecule has 0 fully saturated rings. The van der Waals surface area contributed by atoms with Crippen LogP contribution in [-0.2, 0) is 9.59 Å². The van der Waals surface area contributed by atoms with Crippen LogP contribution in [0.4, 0.5) is 5.69 Å². The summed E-state index contributed by atoms with van der Waals surface area (Å²) in [6, 6.07) is 8.36. The van der Waals surface area contributed by atoms with E-state index in [2.05, 4.69) is 0 Å². The maximum Gasteiger partial charge on any atom is 1.00 e. The van der Waals surface area contributed by atoms with E-state index in [1.807, 2.05) is 0 Å². The van der Waals surface area contributed by atoms with E-state index >= 15 is 0 Å². The van der Waals surface area contributed by atoms with Crippen molar-refractivity contribution in [1.82, 2.24) is 0 Å². The van der Waals surface area contributed by atoms with Crippen LogP contribution in [0.25, 0.3) is 0 Å². The zero-order valence-corrected chi connectivity index (χ0v) is 13.9. The van der Waals surface area contributed by atoms with Gasteiger partial charge < -0.3 is 24.7 Å². The molecule has 5 nitrogen and oxygen atoms in total. The molecule has 1 aromatic rings. The molecule has 17 heavy (non-hydrogen) atoms. The van der Waals surface area contributed by atoms with Gasteiger partial charge in [-0.15, -0.1) is 0 Å². The molecule has 0 aromatic heterocycles. The monoisotopic (exact) mass is 253 g/mol. The minimum atomic E-state index is -1.33. The average Bonchev–Trinajstić information content (AvgIpc) is 2.17. The van der Waals surface area contributed by atoms with Crippen molar-refractivity contribution >= 4 is 17.6 Å². The summed E-state index contributed by atoms with van der Waals surface area (Å²) in [4.78, 5) is 22.0. The summed E-state index contributed by atoms with van der Waals surface area (Å²) >= 11 is 0. The van der Waals surface area contributed by atoms with Crippen molar-refractivity contribution in [3.05, 3.63) is 30.3 Å². The van der Waals surface area contributed by atoms with Crippen LogP contribution in [0.1, 0.15) is 0 Å². The Labute approximate surface area is 143 Å². The minimum Gasteiger partial charge on any atom is -0.548 e. The summed E-state index contributed by atoms with van der Waals surface area (Å²) in [5.74, 6) is -2.67. The zero-order valence-electron chi connectivity index (χ0n) is 9.88. The largest absolute Gasteiger partial charge is 1.00 e. The Bertz CT molecular complexity index is 343. The Morgan fingerprint density at radius 3 is 1.71 bits per heavy atom. The molecule has 0 saturated heterocycles. The first kappa shape index (κ1) is 19.3. The molecule has 1 aromatic carbocycles. The van der Waals surface area contributed by atoms with Gasteiger partial charge in [-0.25, -0.2) is 0 Å². The number of aliphatic carboxylic acids is 2. The predicted octanol–water partition coefficient (Wildman–Crippen LogP) is -8.00. The van der Waals surface area contributed by atoms with Gasteiger partial charge in [0.05, 0.1) is 25.0 Å². The first-order valence-corrected chi connectivity index (χ1v) is 4.29. The second-order valence-corrected chi connectivity index (χ2v) is 2.94. The quantitative estimate of drug-likeness (QED) is 0.487. The maximum atomic E-state index is 10.4. The number of hydrogen-bond donors (Lipinski definition) is 0. The van der Waals surface area contributed by atoms with Gasteiger partial charge in [-0.2, -0.15) is 0 Å². The molecule has 0 atom stereocenters. The molecular weight excluding hydrogens is 244 g/mol. The molecule has 0 N–H and O–H groups in total. The molecule has 0 amide bonds. The number of benzene rings is 1. The van der Waals surface area contributed by atoms with E-state index in [1.165, 1.54) is 0 Å². The molecule has 7 heteroatoms. The van der Waals surface area contributed by atoms with Gasteiger partial charge in [0.15, 0.2) is 0 Å². The number of para-hydroxylation sites is 1. The molecule has 0 aliphatic heterocycles. The van der Waals surface area contributed by atoms with Crippen LogP contribution in [0.5, 0.6) is 0 Å². The fraction of sp³-hybridized carbons (Fsp3) is 0.200. The summed E-state index contributed by atoms with van der Waals surface area (Å²) in [5.41, 5.74) is 0.505. The normalized spacial score (nSPS) is 8.47. The van der Waals surface area contributed by atoms with Gasteiger partial charge in [0.25, 0.3) is 0 Å². The summed E-state index contributed by atoms with van der Waals surface area (Å²) in [7, 11) is 0. The molecule has 0 aliphatic rings. The molecule has 0 bridgehead atoms. The topological polar surface area (TPSA) is 83.5 Å². The Balaban J connectivity index is 0. The first-order valence-electron chi connectivity index (χ1n) is 4.29. The van der Waals surface area contributed by atoms with Gasteiger partial charge in [0.1, 0.15) is 0 Å². The fourth-order valence-corrected chi connectivity index (χ4v) is 1.19. The summed E-state index contributed by atoms with van der Waals surface area (Å²) < 4.78 is 0. The summed E-state index contributed by atoms with van der Waals surface area (Å²) in [6.45, 7) is -0.948. The molecule has 0 radical (unpaired) electrons. The number of anilines is 1. The molecule has 0 unspecified atom stereocenters. The number of carbonyl (C=O) groups excluding carboxylic acids is 2. The SMILES string of the molecule is O=C([O-])CN(CC(=O)[O-])c1ccccc1.[Na+].[Na+]. The van der Waals surface area contributed by atoms with Crippen molar-refractivity contribution in [1.29, 1.82) is 0 Å². The van der Waals surface area contributed by atoms with Crippen LogP contribution in [-0.4, -0.2) is 25.0 Å². The number of rotatable bonds is 5. The second-order valence-electron chi connectivity index (χ2n) is 2.94. The predicted molar refractivity (Wildman–Crippen MR) is 48.7 cm³/mol. The molecule has 0 aliphatic carbocycles. The molecular formula is C10H9NNa2O4. The number of hydrogen-bond acceptors (Lipinski definition) is 5. The second kappa shape index (κ2) is 9.94. The zero-order chi connectivity index (χ0) is 11.3. The van der Waals surface area contributed by atoms with Crippen LogP contribution in [0.3, 0.4) is 0 Å². The molecule has 80 valence electrons. The first-order chi connectivity index (χ1) is 7.09. The van der Waals surface area contributed by atoms with Crippen molar-refractivity contribution in [2.24, 2.45) is 0 Å². The number of carbonyl (C=O) groups is 2. The van der Waals surface area contributed by atoms with Crippen LogP contribution < -0.4 is 74.2 Å². The molecule has 0 heterocycles. The van der Waals surface area contributed by atoms with Crippen molar-refractivity contribution < 1.29 is 78.9 Å². The van der Waals surface area contributed by atoms with E-state index in [0.717, 1.165) is 4.90 Å². The Morgan fingerprint density at radius 2 is 1.35 bits per heavy atom.